The topological polar surface area (TPSA) is 67.9 Å². The highest BCUT2D eigenvalue weighted by Crippen LogP contribution is 2.36. The second-order valence-corrected chi connectivity index (χ2v) is 8.43. The molecule has 0 saturated heterocycles. The molecule has 0 spiro atoms. The lowest BCUT2D eigenvalue weighted by Gasteiger charge is -2.33. The van der Waals surface area contributed by atoms with Crippen molar-refractivity contribution in [2.24, 2.45) is 0 Å². The molecule has 6 nitrogen and oxygen atoms in total. The van der Waals surface area contributed by atoms with Gasteiger partial charge in [-0.2, -0.15) is 0 Å². The molecule has 1 unspecified atom stereocenters. The number of carbonyl (C=O) groups is 2. The van der Waals surface area contributed by atoms with Crippen molar-refractivity contribution in [1.82, 2.24) is 0 Å². The lowest BCUT2D eigenvalue weighted by atomic mass is 10.1. The van der Waals surface area contributed by atoms with Crippen LogP contribution < -0.4 is 19.7 Å². The van der Waals surface area contributed by atoms with Gasteiger partial charge in [-0.15, -0.1) is 0 Å². The Labute approximate surface area is 207 Å². The summed E-state index contributed by atoms with van der Waals surface area (Å²) in [5.41, 5.74) is 1.77. The van der Waals surface area contributed by atoms with Crippen LogP contribution in [-0.2, 0) is 9.59 Å². The molecule has 0 radical (unpaired) electrons. The summed E-state index contributed by atoms with van der Waals surface area (Å²) in [6, 6.07) is 19.6. The van der Waals surface area contributed by atoms with E-state index in [-0.39, 0.29) is 11.8 Å². The number of ether oxygens (including phenoxy) is 2. The summed E-state index contributed by atoms with van der Waals surface area (Å²) in [6.45, 7) is 2.35. The zero-order valence-electron chi connectivity index (χ0n) is 18.3. The number of halogens is 2. The molecule has 1 aliphatic heterocycles. The summed E-state index contributed by atoms with van der Waals surface area (Å²) in [4.78, 5) is 26.9. The van der Waals surface area contributed by atoms with Gasteiger partial charge in [-0.25, -0.2) is 0 Å². The number of amides is 2. The Hall–Kier alpha value is -3.48. The number of hydrogen-bond acceptors (Lipinski definition) is 4. The van der Waals surface area contributed by atoms with E-state index in [0.717, 1.165) is 5.75 Å². The van der Waals surface area contributed by atoms with Crippen molar-refractivity contribution in [3.8, 4) is 11.5 Å². The van der Waals surface area contributed by atoms with Crippen molar-refractivity contribution < 1.29 is 19.1 Å². The van der Waals surface area contributed by atoms with Gasteiger partial charge in [0.1, 0.15) is 18.1 Å². The second kappa shape index (κ2) is 10.6. The molecule has 34 heavy (non-hydrogen) atoms. The molecule has 1 aliphatic rings. The highest BCUT2D eigenvalue weighted by Gasteiger charge is 2.31. The number of benzene rings is 3. The van der Waals surface area contributed by atoms with Gasteiger partial charge in [0, 0.05) is 21.8 Å². The first-order valence-electron chi connectivity index (χ1n) is 10.6. The Bertz CT molecular complexity index is 1230. The van der Waals surface area contributed by atoms with Gasteiger partial charge in [0.15, 0.2) is 6.10 Å². The van der Waals surface area contributed by atoms with Crippen molar-refractivity contribution in [2.45, 2.75) is 13.0 Å². The van der Waals surface area contributed by atoms with E-state index in [4.69, 9.17) is 32.7 Å². The molecule has 1 N–H and O–H groups in total. The Morgan fingerprint density at radius 1 is 1.12 bits per heavy atom. The second-order valence-electron chi connectivity index (χ2n) is 7.58. The maximum absolute atomic E-state index is 12.8. The van der Waals surface area contributed by atoms with E-state index in [2.05, 4.69) is 5.32 Å². The molecule has 174 valence electrons. The molecule has 0 aromatic heterocycles. The third-order valence-corrected chi connectivity index (χ3v) is 5.70. The number of hydrogen-bond donors (Lipinski definition) is 1. The van der Waals surface area contributed by atoms with Crippen LogP contribution in [0.5, 0.6) is 11.5 Å². The van der Waals surface area contributed by atoms with Crippen molar-refractivity contribution in [3.05, 3.63) is 88.4 Å². The molecular weight excluding hydrogens is 475 g/mol. The molecule has 8 heteroatoms. The first-order valence-corrected chi connectivity index (χ1v) is 11.4. The van der Waals surface area contributed by atoms with Gasteiger partial charge in [-0.3, -0.25) is 9.59 Å². The molecular formula is C26H22Cl2N2O4. The minimum absolute atomic E-state index is 0.176. The molecule has 0 saturated carbocycles. The summed E-state index contributed by atoms with van der Waals surface area (Å²) < 4.78 is 11.5. The largest absolute Gasteiger partial charge is 0.492 e. The van der Waals surface area contributed by atoms with E-state index in [1.54, 1.807) is 54.3 Å². The van der Waals surface area contributed by atoms with Crippen LogP contribution in [0.4, 0.5) is 11.4 Å². The van der Waals surface area contributed by atoms with Gasteiger partial charge in [-0.1, -0.05) is 47.5 Å². The fourth-order valence-corrected chi connectivity index (χ4v) is 3.94. The number of rotatable bonds is 7. The van der Waals surface area contributed by atoms with Crippen LogP contribution in [0.1, 0.15) is 12.5 Å². The van der Waals surface area contributed by atoms with E-state index in [0.29, 0.717) is 45.9 Å². The average Bonchev–Trinajstić information content (AvgIpc) is 2.82. The van der Waals surface area contributed by atoms with Crippen LogP contribution >= 0.6 is 23.2 Å². The van der Waals surface area contributed by atoms with E-state index in [1.165, 1.54) is 6.08 Å². The van der Waals surface area contributed by atoms with Crippen LogP contribution in [-0.4, -0.2) is 31.1 Å². The normalized spacial score (nSPS) is 15.1. The molecule has 2 amide bonds. The molecule has 1 atom stereocenters. The highest BCUT2D eigenvalue weighted by molar-refractivity contribution is 6.35. The van der Waals surface area contributed by atoms with Crippen molar-refractivity contribution in [2.75, 3.05) is 23.4 Å². The van der Waals surface area contributed by atoms with Gasteiger partial charge in [0.05, 0.1) is 12.2 Å². The third-order valence-electron chi connectivity index (χ3n) is 5.14. The van der Waals surface area contributed by atoms with E-state index >= 15 is 0 Å². The quantitative estimate of drug-likeness (QED) is 0.417. The maximum Gasteiger partial charge on any atom is 0.267 e. The molecule has 3 aromatic rings. The lowest BCUT2D eigenvalue weighted by molar-refractivity contribution is -0.125. The predicted octanol–water partition coefficient (Wildman–Crippen LogP) is 5.84. The molecule has 4 rings (SSSR count). The number of nitrogens with zero attached hydrogens (tertiary/aromatic N) is 1. The van der Waals surface area contributed by atoms with Crippen molar-refractivity contribution in [3.63, 3.8) is 0 Å². The summed E-state index contributed by atoms with van der Waals surface area (Å²) in [5.74, 6) is 0.768. The SMILES string of the molecule is CC1Oc2ccc(NC(=O)/C=C/c3ccc(Cl)cc3Cl)cc2N(CCOc2ccccc2)C1=O. The van der Waals surface area contributed by atoms with Crippen LogP contribution in [0.2, 0.25) is 10.0 Å². The Morgan fingerprint density at radius 3 is 2.68 bits per heavy atom. The first-order chi connectivity index (χ1) is 16.4. The van der Waals surface area contributed by atoms with Gasteiger partial charge < -0.3 is 19.7 Å². The monoisotopic (exact) mass is 496 g/mol. The Balaban J connectivity index is 1.46. The minimum Gasteiger partial charge on any atom is -0.492 e. The van der Waals surface area contributed by atoms with Crippen molar-refractivity contribution in [1.29, 1.82) is 0 Å². The molecule has 0 bridgehead atoms. The first kappa shape index (κ1) is 23.7. The lowest BCUT2D eigenvalue weighted by Crippen LogP contribution is -2.46. The number of para-hydroxylation sites is 1. The van der Waals surface area contributed by atoms with Crippen molar-refractivity contribution >= 4 is 52.5 Å². The van der Waals surface area contributed by atoms with Crippen LogP contribution in [0.25, 0.3) is 6.08 Å². The fraction of sp³-hybridized carbons (Fsp3) is 0.154. The zero-order chi connectivity index (χ0) is 24.1. The molecule has 1 heterocycles. The number of nitrogens with one attached hydrogen (secondary N) is 1. The highest BCUT2D eigenvalue weighted by atomic mass is 35.5. The van der Waals surface area contributed by atoms with Gasteiger partial charge in [-0.05, 0) is 61.0 Å². The Kier molecular flexibility index (Phi) is 7.40. The Morgan fingerprint density at radius 2 is 1.91 bits per heavy atom. The van der Waals surface area contributed by atoms with Crippen LogP contribution in [0, 0.1) is 0 Å². The maximum atomic E-state index is 12.8. The van der Waals surface area contributed by atoms with E-state index in [1.807, 2.05) is 30.3 Å². The van der Waals surface area contributed by atoms with Gasteiger partial charge in [0.2, 0.25) is 5.91 Å². The smallest absolute Gasteiger partial charge is 0.267 e. The van der Waals surface area contributed by atoms with Crippen LogP contribution in [0.3, 0.4) is 0 Å². The third kappa shape index (κ3) is 5.71. The van der Waals surface area contributed by atoms with Crippen LogP contribution in [0.15, 0.2) is 72.8 Å². The summed E-state index contributed by atoms with van der Waals surface area (Å²) in [7, 11) is 0. The number of carbonyl (C=O) groups excluding carboxylic acids is 2. The van der Waals surface area contributed by atoms with Gasteiger partial charge in [0.25, 0.3) is 5.91 Å². The summed E-state index contributed by atoms with van der Waals surface area (Å²) in [6.07, 6.45) is 2.37. The summed E-state index contributed by atoms with van der Waals surface area (Å²) in [5, 5.41) is 3.77. The number of fused-ring (bicyclic) bond motifs is 1. The fourth-order valence-electron chi connectivity index (χ4n) is 3.47. The zero-order valence-corrected chi connectivity index (χ0v) is 19.8. The minimum atomic E-state index is -0.614. The number of anilines is 2. The molecule has 3 aromatic carbocycles. The van der Waals surface area contributed by atoms with Gasteiger partial charge >= 0.3 is 0 Å². The summed E-state index contributed by atoms with van der Waals surface area (Å²) >= 11 is 12.1. The standard InChI is InChI=1S/C26H22Cl2N2O4/c1-17-26(32)30(13-14-33-21-5-3-2-4-6-21)23-16-20(10-11-24(23)34-17)29-25(31)12-8-18-7-9-19(27)15-22(18)28/h2-12,15-17H,13-14H2,1H3,(H,29,31)/b12-8+. The van der Waals surface area contributed by atoms with E-state index in [9.17, 15) is 9.59 Å². The molecule has 0 aliphatic carbocycles. The average molecular weight is 497 g/mol. The predicted molar refractivity (Wildman–Crippen MR) is 135 cm³/mol. The van der Waals surface area contributed by atoms with E-state index < -0.39 is 6.10 Å². The molecule has 0 fully saturated rings.